The summed E-state index contributed by atoms with van der Waals surface area (Å²) in [6.45, 7) is 7.72. The summed E-state index contributed by atoms with van der Waals surface area (Å²) < 4.78 is 0. The number of aryl methyl sites for hydroxylation is 3. The summed E-state index contributed by atoms with van der Waals surface area (Å²) in [6.07, 6.45) is 0. The quantitative estimate of drug-likeness (QED) is 0.703. The van der Waals surface area contributed by atoms with E-state index in [4.69, 9.17) is 0 Å². The van der Waals surface area contributed by atoms with Gasteiger partial charge in [0, 0.05) is 13.1 Å². The van der Waals surface area contributed by atoms with Gasteiger partial charge in [0.05, 0.1) is 17.1 Å². The Balaban J connectivity index is 2.72. The van der Waals surface area contributed by atoms with Crippen LogP contribution in [-0.4, -0.2) is 30.1 Å². The Bertz CT molecular complexity index is 309. The van der Waals surface area contributed by atoms with Gasteiger partial charge in [-0.05, 0) is 27.8 Å². The van der Waals surface area contributed by atoms with E-state index < -0.39 is 0 Å². The average Bonchev–Trinajstić information content (AvgIpc) is 2.14. The van der Waals surface area contributed by atoms with Gasteiger partial charge >= 0.3 is 0 Å². The summed E-state index contributed by atoms with van der Waals surface area (Å²) in [5.74, 6) is 0.892. The van der Waals surface area contributed by atoms with Gasteiger partial charge < -0.3 is 10.6 Å². The minimum atomic E-state index is 0.870. The molecule has 0 bridgehead atoms. The van der Waals surface area contributed by atoms with E-state index in [9.17, 15) is 0 Å². The van der Waals surface area contributed by atoms with Crippen LogP contribution in [0.15, 0.2) is 0 Å². The minimum absolute atomic E-state index is 0.870. The van der Waals surface area contributed by atoms with Gasteiger partial charge in [-0.3, -0.25) is 4.98 Å². The van der Waals surface area contributed by atoms with Gasteiger partial charge in [-0.2, -0.15) is 0 Å². The van der Waals surface area contributed by atoms with Crippen LogP contribution in [0.4, 0.5) is 5.82 Å². The molecule has 0 fully saturated rings. The summed E-state index contributed by atoms with van der Waals surface area (Å²) in [4.78, 5) is 8.85. The third-order valence-corrected chi connectivity index (χ3v) is 2.15. The molecule has 0 aliphatic rings. The zero-order chi connectivity index (χ0) is 10.6. The number of likely N-dealkylation sites (N-methyl/N-ethyl adjacent to an activating group) is 1. The minimum Gasteiger partial charge on any atom is -0.367 e. The highest BCUT2D eigenvalue weighted by atomic mass is 15.0. The number of aromatic nitrogens is 2. The Labute approximate surface area is 85.2 Å². The van der Waals surface area contributed by atoms with Gasteiger partial charge in [0.1, 0.15) is 5.82 Å². The van der Waals surface area contributed by atoms with E-state index in [0.717, 1.165) is 36.0 Å². The van der Waals surface area contributed by atoms with Crippen molar-refractivity contribution in [2.45, 2.75) is 20.8 Å². The first-order valence-electron chi connectivity index (χ1n) is 4.85. The number of nitrogens with one attached hydrogen (secondary N) is 2. The van der Waals surface area contributed by atoms with Crippen molar-refractivity contribution in [1.29, 1.82) is 0 Å². The number of hydrogen-bond acceptors (Lipinski definition) is 4. The lowest BCUT2D eigenvalue weighted by Crippen LogP contribution is -2.19. The predicted molar refractivity (Wildman–Crippen MR) is 58.7 cm³/mol. The largest absolute Gasteiger partial charge is 0.367 e. The molecule has 1 aromatic rings. The normalized spacial score (nSPS) is 10.3. The molecule has 0 spiro atoms. The summed E-state index contributed by atoms with van der Waals surface area (Å²) >= 11 is 0. The summed E-state index contributed by atoms with van der Waals surface area (Å²) in [6, 6.07) is 0. The van der Waals surface area contributed by atoms with E-state index in [1.165, 1.54) is 0 Å². The highest BCUT2D eigenvalue weighted by Crippen LogP contribution is 2.11. The molecule has 14 heavy (non-hydrogen) atoms. The maximum Gasteiger partial charge on any atom is 0.147 e. The number of anilines is 1. The molecule has 0 amide bonds. The third-order valence-electron chi connectivity index (χ3n) is 2.15. The topological polar surface area (TPSA) is 49.8 Å². The molecule has 1 heterocycles. The van der Waals surface area contributed by atoms with Crippen molar-refractivity contribution >= 4 is 5.82 Å². The molecule has 0 unspecified atom stereocenters. The lowest BCUT2D eigenvalue weighted by atomic mass is 10.3. The van der Waals surface area contributed by atoms with E-state index in [1.54, 1.807) is 0 Å². The molecule has 0 saturated heterocycles. The lowest BCUT2D eigenvalue weighted by molar-refractivity contribution is 0.817. The SMILES string of the molecule is CNCCNc1nc(C)c(C)nc1C. The van der Waals surface area contributed by atoms with Gasteiger partial charge in [0.25, 0.3) is 0 Å². The van der Waals surface area contributed by atoms with Crippen LogP contribution >= 0.6 is 0 Å². The van der Waals surface area contributed by atoms with Crippen LogP contribution in [0.3, 0.4) is 0 Å². The van der Waals surface area contributed by atoms with E-state index >= 15 is 0 Å². The Morgan fingerprint density at radius 3 is 2.21 bits per heavy atom. The first-order chi connectivity index (χ1) is 6.65. The highest BCUT2D eigenvalue weighted by Gasteiger charge is 2.03. The molecular formula is C10H18N4. The fraction of sp³-hybridized carbons (Fsp3) is 0.600. The van der Waals surface area contributed by atoms with Gasteiger partial charge in [0.15, 0.2) is 0 Å². The summed E-state index contributed by atoms with van der Waals surface area (Å²) in [5, 5.41) is 6.32. The van der Waals surface area contributed by atoms with Gasteiger partial charge in [-0.1, -0.05) is 0 Å². The Morgan fingerprint density at radius 2 is 1.57 bits per heavy atom. The molecule has 78 valence electrons. The second-order valence-corrected chi connectivity index (χ2v) is 3.36. The predicted octanol–water partition coefficient (Wildman–Crippen LogP) is 1.03. The fourth-order valence-electron chi connectivity index (χ4n) is 1.19. The number of hydrogen-bond donors (Lipinski definition) is 2. The average molecular weight is 194 g/mol. The standard InChI is InChI=1S/C10H18N4/c1-7-8(2)14-10(9(3)13-7)12-6-5-11-4/h11H,5-6H2,1-4H3,(H,12,14). The second kappa shape index (κ2) is 4.91. The Kier molecular flexibility index (Phi) is 3.83. The van der Waals surface area contributed by atoms with Crippen molar-refractivity contribution < 1.29 is 0 Å². The van der Waals surface area contributed by atoms with Crippen LogP contribution in [0, 0.1) is 20.8 Å². The Hall–Kier alpha value is -1.16. The maximum atomic E-state index is 4.44. The molecule has 0 radical (unpaired) electrons. The lowest BCUT2D eigenvalue weighted by Gasteiger charge is -2.09. The van der Waals surface area contributed by atoms with Crippen molar-refractivity contribution in [2.75, 3.05) is 25.5 Å². The molecule has 4 nitrogen and oxygen atoms in total. The van der Waals surface area contributed by atoms with Crippen molar-refractivity contribution in [2.24, 2.45) is 0 Å². The molecule has 2 N–H and O–H groups in total. The van der Waals surface area contributed by atoms with Crippen molar-refractivity contribution in [1.82, 2.24) is 15.3 Å². The first kappa shape index (κ1) is 10.9. The van der Waals surface area contributed by atoms with E-state index in [1.807, 2.05) is 27.8 Å². The number of nitrogens with zero attached hydrogens (tertiary/aromatic N) is 2. The van der Waals surface area contributed by atoms with Gasteiger partial charge in [-0.25, -0.2) is 4.98 Å². The Morgan fingerprint density at radius 1 is 0.929 bits per heavy atom. The molecule has 0 aliphatic carbocycles. The number of rotatable bonds is 4. The van der Waals surface area contributed by atoms with Crippen LogP contribution in [0.5, 0.6) is 0 Å². The molecular weight excluding hydrogens is 176 g/mol. The molecule has 0 aliphatic heterocycles. The van der Waals surface area contributed by atoms with Gasteiger partial charge in [0.2, 0.25) is 0 Å². The zero-order valence-electron chi connectivity index (χ0n) is 9.31. The second-order valence-electron chi connectivity index (χ2n) is 3.36. The summed E-state index contributed by atoms with van der Waals surface area (Å²) in [5.41, 5.74) is 2.95. The fourth-order valence-corrected chi connectivity index (χ4v) is 1.19. The van der Waals surface area contributed by atoms with Crippen LogP contribution in [-0.2, 0) is 0 Å². The van der Waals surface area contributed by atoms with E-state index in [-0.39, 0.29) is 0 Å². The smallest absolute Gasteiger partial charge is 0.147 e. The molecule has 0 aromatic carbocycles. The van der Waals surface area contributed by atoms with Gasteiger partial charge in [-0.15, -0.1) is 0 Å². The van der Waals surface area contributed by atoms with Crippen LogP contribution in [0.2, 0.25) is 0 Å². The first-order valence-corrected chi connectivity index (χ1v) is 4.85. The van der Waals surface area contributed by atoms with Crippen LogP contribution in [0.25, 0.3) is 0 Å². The molecule has 0 saturated carbocycles. The molecule has 0 atom stereocenters. The third kappa shape index (κ3) is 2.67. The van der Waals surface area contributed by atoms with Crippen LogP contribution in [0.1, 0.15) is 17.1 Å². The van der Waals surface area contributed by atoms with Crippen LogP contribution < -0.4 is 10.6 Å². The molecule has 4 heteroatoms. The molecule has 1 aromatic heterocycles. The highest BCUT2D eigenvalue weighted by molar-refractivity contribution is 5.40. The van der Waals surface area contributed by atoms with Crippen molar-refractivity contribution in [3.63, 3.8) is 0 Å². The van der Waals surface area contributed by atoms with E-state index in [2.05, 4.69) is 20.6 Å². The summed E-state index contributed by atoms with van der Waals surface area (Å²) in [7, 11) is 1.93. The van der Waals surface area contributed by atoms with Crippen molar-refractivity contribution in [3.8, 4) is 0 Å². The van der Waals surface area contributed by atoms with E-state index in [0.29, 0.717) is 0 Å². The monoisotopic (exact) mass is 194 g/mol. The van der Waals surface area contributed by atoms with Crippen molar-refractivity contribution in [3.05, 3.63) is 17.1 Å². The molecule has 1 rings (SSSR count). The zero-order valence-corrected chi connectivity index (χ0v) is 9.31. The maximum absolute atomic E-state index is 4.44.